The molecule has 1 aromatic rings. The molecule has 1 aromatic heterocycles. The maximum absolute atomic E-state index is 5.74. The van der Waals surface area contributed by atoms with Gasteiger partial charge in [-0.2, -0.15) is 0 Å². The van der Waals surface area contributed by atoms with Gasteiger partial charge < -0.3 is 10.2 Å². The van der Waals surface area contributed by atoms with Gasteiger partial charge >= 0.3 is 0 Å². The molecule has 0 bridgehead atoms. The standard InChI is InChI=1S/C12H20N2O/c1-10-2-3-11(6-13)7-14(10)8-12-4-5-15-9-12/h4-5,9-11H,2-3,6-8,13H2,1H3. The highest BCUT2D eigenvalue weighted by molar-refractivity contribution is 5.05. The number of nitrogens with two attached hydrogens (primary N) is 1. The van der Waals surface area contributed by atoms with E-state index in [4.69, 9.17) is 10.2 Å². The van der Waals surface area contributed by atoms with Crippen molar-refractivity contribution in [2.45, 2.75) is 32.4 Å². The number of piperidine rings is 1. The van der Waals surface area contributed by atoms with Crippen LogP contribution in [0.4, 0.5) is 0 Å². The minimum Gasteiger partial charge on any atom is -0.472 e. The number of likely N-dealkylation sites (tertiary alicyclic amines) is 1. The van der Waals surface area contributed by atoms with Crippen LogP contribution in [0.5, 0.6) is 0 Å². The first-order valence-corrected chi connectivity index (χ1v) is 5.74. The molecule has 1 saturated heterocycles. The minimum absolute atomic E-state index is 0.669. The van der Waals surface area contributed by atoms with Crippen molar-refractivity contribution in [3.8, 4) is 0 Å². The van der Waals surface area contributed by atoms with Gasteiger partial charge in [-0.25, -0.2) is 0 Å². The molecule has 1 aliphatic heterocycles. The van der Waals surface area contributed by atoms with Crippen LogP contribution in [0, 0.1) is 5.92 Å². The Morgan fingerprint density at radius 2 is 2.40 bits per heavy atom. The van der Waals surface area contributed by atoms with Gasteiger partial charge in [0.2, 0.25) is 0 Å². The molecule has 2 atom stereocenters. The summed E-state index contributed by atoms with van der Waals surface area (Å²) in [7, 11) is 0. The van der Waals surface area contributed by atoms with Crippen molar-refractivity contribution in [1.82, 2.24) is 4.90 Å². The minimum atomic E-state index is 0.669. The van der Waals surface area contributed by atoms with Gasteiger partial charge in [-0.3, -0.25) is 4.90 Å². The van der Waals surface area contributed by atoms with Crippen molar-refractivity contribution in [1.29, 1.82) is 0 Å². The average molecular weight is 208 g/mol. The summed E-state index contributed by atoms with van der Waals surface area (Å²) in [6.07, 6.45) is 6.11. The second-order valence-corrected chi connectivity index (χ2v) is 4.59. The third kappa shape index (κ3) is 2.61. The van der Waals surface area contributed by atoms with Crippen LogP contribution in [0.15, 0.2) is 23.0 Å². The van der Waals surface area contributed by atoms with Crippen LogP contribution in [-0.4, -0.2) is 24.0 Å². The molecular formula is C12H20N2O. The molecule has 0 radical (unpaired) electrons. The second kappa shape index (κ2) is 4.81. The number of furan rings is 1. The molecule has 1 fully saturated rings. The Labute approximate surface area is 91.2 Å². The summed E-state index contributed by atoms with van der Waals surface area (Å²) in [5, 5.41) is 0. The van der Waals surface area contributed by atoms with Crippen LogP contribution in [0.2, 0.25) is 0 Å². The summed E-state index contributed by atoms with van der Waals surface area (Å²) in [6, 6.07) is 2.71. The summed E-state index contributed by atoms with van der Waals surface area (Å²) >= 11 is 0. The van der Waals surface area contributed by atoms with Crippen molar-refractivity contribution < 1.29 is 4.42 Å². The van der Waals surface area contributed by atoms with E-state index in [-0.39, 0.29) is 0 Å². The Balaban J connectivity index is 1.94. The predicted octanol–water partition coefficient (Wildman–Crippen LogP) is 1.84. The Kier molecular flexibility index (Phi) is 3.44. The van der Waals surface area contributed by atoms with Crippen LogP contribution in [0.25, 0.3) is 0 Å². The van der Waals surface area contributed by atoms with Crippen LogP contribution >= 0.6 is 0 Å². The molecule has 84 valence electrons. The van der Waals surface area contributed by atoms with E-state index >= 15 is 0 Å². The number of hydrogen-bond acceptors (Lipinski definition) is 3. The molecule has 0 amide bonds. The zero-order valence-electron chi connectivity index (χ0n) is 9.36. The van der Waals surface area contributed by atoms with Crippen LogP contribution in [0.3, 0.4) is 0 Å². The topological polar surface area (TPSA) is 42.4 Å². The highest BCUT2D eigenvalue weighted by Crippen LogP contribution is 2.22. The number of hydrogen-bond donors (Lipinski definition) is 1. The van der Waals surface area contributed by atoms with E-state index in [1.807, 2.05) is 12.3 Å². The van der Waals surface area contributed by atoms with E-state index in [1.54, 1.807) is 6.26 Å². The fourth-order valence-electron chi connectivity index (χ4n) is 2.29. The molecule has 1 aliphatic rings. The van der Waals surface area contributed by atoms with Crippen molar-refractivity contribution in [2.75, 3.05) is 13.1 Å². The molecule has 3 heteroatoms. The van der Waals surface area contributed by atoms with Gasteiger partial charge in [-0.15, -0.1) is 0 Å². The smallest absolute Gasteiger partial charge is 0.0947 e. The average Bonchev–Trinajstić information content (AvgIpc) is 2.74. The van der Waals surface area contributed by atoms with Crippen LogP contribution in [-0.2, 0) is 6.54 Å². The molecule has 2 rings (SSSR count). The van der Waals surface area contributed by atoms with Gasteiger partial charge in [-0.05, 0) is 38.3 Å². The molecule has 2 N–H and O–H groups in total. The van der Waals surface area contributed by atoms with Gasteiger partial charge in [0.1, 0.15) is 0 Å². The largest absolute Gasteiger partial charge is 0.472 e. The van der Waals surface area contributed by atoms with E-state index in [0.717, 1.165) is 19.6 Å². The first-order chi connectivity index (χ1) is 7.29. The monoisotopic (exact) mass is 208 g/mol. The molecule has 0 saturated carbocycles. The highest BCUT2D eigenvalue weighted by atomic mass is 16.3. The van der Waals surface area contributed by atoms with Gasteiger partial charge in [0, 0.05) is 24.7 Å². The number of nitrogens with zero attached hydrogens (tertiary/aromatic N) is 1. The molecular weight excluding hydrogens is 188 g/mol. The van der Waals surface area contributed by atoms with E-state index < -0.39 is 0 Å². The second-order valence-electron chi connectivity index (χ2n) is 4.59. The maximum Gasteiger partial charge on any atom is 0.0947 e. The van der Waals surface area contributed by atoms with E-state index in [0.29, 0.717) is 12.0 Å². The Bertz CT molecular complexity index is 284. The maximum atomic E-state index is 5.74. The van der Waals surface area contributed by atoms with Gasteiger partial charge in [0.05, 0.1) is 12.5 Å². The first-order valence-electron chi connectivity index (χ1n) is 5.74. The molecule has 2 unspecified atom stereocenters. The third-order valence-corrected chi connectivity index (χ3v) is 3.41. The number of rotatable bonds is 3. The van der Waals surface area contributed by atoms with Crippen molar-refractivity contribution in [3.63, 3.8) is 0 Å². The molecule has 0 aliphatic carbocycles. The molecule has 3 nitrogen and oxygen atoms in total. The van der Waals surface area contributed by atoms with Gasteiger partial charge in [0.15, 0.2) is 0 Å². The van der Waals surface area contributed by atoms with Gasteiger partial charge in [0.25, 0.3) is 0 Å². The van der Waals surface area contributed by atoms with Gasteiger partial charge in [-0.1, -0.05) is 0 Å². The molecule has 0 aromatic carbocycles. The van der Waals surface area contributed by atoms with Crippen molar-refractivity contribution >= 4 is 0 Å². The van der Waals surface area contributed by atoms with E-state index in [1.165, 1.54) is 18.4 Å². The fraction of sp³-hybridized carbons (Fsp3) is 0.667. The summed E-state index contributed by atoms with van der Waals surface area (Å²) in [5.74, 6) is 0.674. The Morgan fingerprint density at radius 1 is 1.53 bits per heavy atom. The Hall–Kier alpha value is -0.800. The fourth-order valence-corrected chi connectivity index (χ4v) is 2.29. The van der Waals surface area contributed by atoms with Crippen molar-refractivity contribution in [3.05, 3.63) is 24.2 Å². The molecule has 15 heavy (non-hydrogen) atoms. The van der Waals surface area contributed by atoms with E-state index in [2.05, 4.69) is 11.8 Å². The lowest BCUT2D eigenvalue weighted by Gasteiger charge is -2.37. The summed E-state index contributed by atoms with van der Waals surface area (Å²) in [6.45, 7) is 5.23. The predicted molar refractivity (Wildman–Crippen MR) is 60.4 cm³/mol. The van der Waals surface area contributed by atoms with Crippen LogP contribution in [0.1, 0.15) is 25.3 Å². The SMILES string of the molecule is CC1CCC(CN)CN1Cc1ccoc1. The quantitative estimate of drug-likeness (QED) is 0.824. The normalized spacial score (nSPS) is 28.1. The zero-order valence-corrected chi connectivity index (χ0v) is 9.36. The van der Waals surface area contributed by atoms with Crippen LogP contribution < -0.4 is 5.73 Å². The molecule has 2 heterocycles. The summed E-state index contributed by atoms with van der Waals surface area (Å²) in [4.78, 5) is 2.51. The summed E-state index contributed by atoms with van der Waals surface area (Å²) < 4.78 is 5.09. The lowest BCUT2D eigenvalue weighted by Crippen LogP contribution is -2.43. The van der Waals surface area contributed by atoms with Crippen molar-refractivity contribution in [2.24, 2.45) is 11.7 Å². The first kappa shape index (κ1) is 10.7. The summed E-state index contributed by atoms with van der Waals surface area (Å²) in [5.41, 5.74) is 7.00. The third-order valence-electron chi connectivity index (χ3n) is 3.41. The Morgan fingerprint density at radius 3 is 3.07 bits per heavy atom. The zero-order chi connectivity index (χ0) is 10.7. The lowest BCUT2D eigenvalue weighted by atomic mass is 9.93. The highest BCUT2D eigenvalue weighted by Gasteiger charge is 2.24. The lowest BCUT2D eigenvalue weighted by molar-refractivity contribution is 0.113. The molecule has 0 spiro atoms. The van der Waals surface area contributed by atoms with E-state index in [9.17, 15) is 0 Å².